The highest BCUT2D eigenvalue weighted by molar-refractivity contribution is 5.66. The molecule has 3 rings (SSSR count). The van der Waals surface area contributed by atoms with Gasteiger partial charge < -0.3 is 10.0 Å². The average Bonchev–Trinajstić information content (AvgIpc) is 2.63. The van der Waals surface area contributed by atoms with Crippen LogP contribution in [-0.4, -0.2) is 45.1 Å². The minimum atomic E-state index is -4.21. The highest BCUT2D eigenvalue weighted by atomic mass is 19.4. The summed E-state index contributed by atoms with van der Waals surface area (Å²) in [6.45, 7) is 1.77. The average molecular weight is 303 g/mol. The number of amides is 1. The van der Waals surface area contributed by atoms with Crippen LogP contribution in [0.3, 0.4) is 0 Å². The van der Waals surface area contributed by atoms with Gasteiger partial charge in [-0.25, -0.2) is 4.79 Å². The molecule has 2 aliphatic rings. The Morgan fingerprint density at radius 3 is 2.67 bits per heavy atom. The van der Waals surface area contributed by atoms with E-state index < -0.39 is 18.7 Å². The van der Waals surface area contributed by atoms with Gasteiger partial charge in [0, 0.05) is 31.2 Å². The summed E-state index contributed by atoms with van der Waals surface area (Å²) in [4.78, 5) is 12.1. The molecule has 1 saturated carbocycles. The van der Waals surface area contributed by atoms with Gasteiger partial charge in [-0.2, -0.15) is 18.3 Å². The number of likely N-dealkylation sites (tertiary alicyclic amines) is 1. The molecule has 5 nitrogen and oxygen atoms in total. The van der Waals surface area contributed by atoms with E-state index in [1.165, 1.54) is 17.3 Å². The van der Waals surface area contributed by atoms with Gasteiger partial charge in [0.1, 0.15) is 0 Å². The molecule has 2 heterocycles. The fourth-order valence-corrected chi connectivity index (χ4v) is 3.54. The molecule has 1 N–H and O–H groups in total. The van der Waals surface area contributed by atoms with E-state index in [1.807, 2.05) is 0 Å². The molecule has 0 bridgehead atoms. The second kappa shape index (κ2) is 4.64. The highest BCUT2D eigenvalue weighted by Gasteiger charge is 2.53. The molecule has 0 unspecified atom stereocenters. The van der Waals surface area contributed by atoms with E-state index in [-0.39, 0.29) is 11.0 Å². The first-order valence-corrected chi connectivity index (χ1v) is 6.81. The van der Waals surface area contributed by atoms with Crippen LogP contribution in [0, 0.1) is 11.3 Å². The number of carbonyl (C=O) groups is 1. The second-order valence-electron chi connectivity index (χ2n) is 6.28. The molecule has 8 heteroatoms. The van der Waals surface area contributed by atoms with Gasteiger partial charge in [0.2, 0.25) is 0 Å². The van der Waals surface area contributed by atoms with Gasteiger partial charge in [-0.3, -0.25) is 4.68 Å². The lowest BCUT2D eigenvalue weighted by molar-refractivity contribution is -0.127. The van der Waals surface area contributed by atoms with Crippen molar-refractivity contribution in [2.24, 2.45) is 11.3 Å². The van der Waals surface area contributed by atoms with Crippen molar-refractivity contribution < 1.29 is 23.1 Å². The summed E-state index contributed by atoms with van der Waals surface area (Å²) >= 11 is 0. The molecular weight excluding hydrogens is 287 g/mol. The van der Waals surface area contributed by atoms with Crippen LogP contribution in [0.25, 0.3) is 0 Å². The Kier molecular flexibility index (Phi) is 3.14. The van der Waals surface area contributed by atoms with Crippen LogP contribution in [0.2, 0.25) is 0 Å². The number of aromatic nitrogens is 2. The third-order valence-electron chi connectivity index (χ3n) is 4.30. The molecule has 1 aromatic rings. The third kappa shape index (κ3) is 2.98. The minimum absolute atomic E-state index is 0.116. The second-order valence-corrected chi connectivity index (χ2v) is 6.28. The molecule has 21 heavy (non-hydrogen) atoms. The Morgan fingerprint density at radius 2 is 2.10 bits per heavy atom. The normalized spacial score (nSPS) is 21.2. The SMILES string of the molecule is O=C(O)N1CC2(CC(Cn3cc(CC(F)(F)F)cn3)C2)C1. The first kappa shape index (κ1) is 14.2. The van der Waals surface area contributed by atoms with Gasteiger partial charge in [-0.1, -0.05) is 0 Å². The first-order chi connectivity index (χ1) is 9.75. The topological polar surface area (TPSA) is 58.4 Å². The molecule has 1 aliphatic carbocycles. The lowest BCUT2D eigenvalue weighted by Crippen LogP contribution is -2.63. The summed E-state index contributed by atoms with van der Waals surface area (Å²) in [5.41, 5.74) is 0.294. The maximum Gasteiger partial charge on any atom is 0.407 e. The van der Waals surface area contributed by atoms with E-state index >= 15 is 0 Å². The van der Waals surface area contributed by atoms with Crippen molar-refractivity contribution >= 4 is 6.09 Å². The van der Waals surface area contributed by atoms with Crippen LogP contribution >= 0.6 is 0 Å². The van der Waals surface area contributed by atoms with Crippen molar-refractivity contribution in [1.82, 2.24) is 14.7 Å². The zero-order valence-electron chi connectivity index (χ0n) is 11.3. The largest absolute Gasteiger partial charge is 0.465 e. The molecule has 1 amide bonds. The van der Waals surface area contributed by atoms with E-state index in [4.69, 9.17) is 5.11 Å². The van der Waals surface area contributed by atoms with Gasteiger partial charge in [0.05, 0.1) is 12.6 Å². The van der Waals surface area contributed by atoms with Crippen LogP contribution in [0.1, 0.15) is 18.4 Å². The van der Waals surface area contributed by atoms with Crippen molar-refractivity contribution in [3.8, 4) is 0 Å². The molecule has 116 valence electrons. The molecule has 1 aliphatic heterocycles. The van der Waals surface area contributed by atoms with E-state index in [9.17, 15) is 18.0 Å². The van der Waals surface area contributed by atoms with Crippen LogP contribution in [-0.2, 0) is 13.0 Å². The maximum absolute atomic E-state index is 12.3. The maximum atomic E-state index is 12.3. The van der Waals surface area contributed by atoms with E-state index in [0.29, 0.717) is 25.6 Å². The van der Waals surface area contributed by atoms with Gasteiger partial charge in [0.25, 0.3) is 0 Å². The predicted molar refractivity (Wildman–Crippen MR) is 66.7 cm³/mol. The number of hydrogen-bond donors (Lipinski definition) is 1. The van der Waals surface area contributed by atoms with Gasteiger partial charge in [-0.15, -0.1) is 0 Å². The zero-order valence-corrected chi connectivity index (χ0v) is 11.3. The Morgan fingerprint density at radius 1 is 1.43 bits per heavy atom. The Hall–Kier alpha value is -1.73. The van der Waals surface area contributed by atoms with Crippen LogP contribution < -0.4 is 0 Å². The quantitative estimate of drug-likeness (QED) is 0.932. The number of rotatable bonds is 3. The molecule has 1 saturated heterocycles. The number of halogens is 3. The van der Waals surface area contributed by atoms with Gasteiger partial charge in [-0.05, 0) is 24.3 Å². The van der Waals surface area contributed by atoms with Crippen molar-refractivity contribution in [3.63, 3.8) is 0 Å². The fourth-order valence-electron chi connectivity index (χ4n) is 3.54. The summed E-state index contributed by atoms with van der Waals surface area (Å²) in [7, 11) is 0. The fraction of sp³-hybridized carbons (Fsp3) is 0.692. The first-order valence-electron chi connectivity index (χ1n) is 6.81. The number of nitrogens with zero attached hydrogens (tertiary/aromatic N) is 3. The summed E-state index contributed by atoms with van der Waals surface area (Å²) in [5, 5.41) is 12.8. The smallest absolute Gasteiger partial charge is 0.407 e. The Bertz CT molecular complexity index is 541. The molecule has 0 aromatic carbocycles. The van der Waals surface area contributed by atoms with Crippen LogP contribution in [0.15, 0.2) is 12.4 Å². The summed E-state index contributed by atoms with van der Waals surface area (Å²) in [6, 6.07) is 0. The summed E-state index contributed by atoms with van der Waals surface area (Å²) in [6.07, 6.45) is -1.49. The molecule has 1 spiro atoms. The minimum Gasteiger partial charge on any atom is -0.465 e. The predicted octanol–water partition coefficient (Wildman–Crippen LogP) is 2.38. The molecule has 0 radical (unpaired) electrons. The van der Waals surface area contributed by atoms with Crippen molar-refractivity contribution in [2.45, 2.75) is 32.0 Å². The van der Waals surface area contributed by atoms with Gasteiger partial charge in [0.15, 0.2) is 0 Å². The Balaban J connectivity index is 1.46. The Labute approximate surface area is 119 Å². The van der Waals surface area contributed by atoms with Gasteiger partial charge >= 0.3 is 12.3 Å². The lowest BCUT2D eigenvalue weighted by atomic mass is 9.58. The monoisotopic (exact) mass is 303 g/mol. The molecule has 1 aromatic heterocycles. The van der Waals surface area contributed by atoms with E-state index in [1.54, 1.807) is 4.68 Å². The number of hydrogen-bond acceptors (Lipinski definition) is 2. The van der Waals surface area contributed by atoms with Crippen LogP contribution in [0.5, 0.6) is 0 Å². The van der Waals surface area contributed by atoms with E-state index in [2.05, 4.69) is 5.10 Å². The zero-order chi connectivity index (χ0) is 15.3. The third-order valence-corrected chi connectivity index (χ3v) is 4.30. The number of alkyl halides is 3. The van der Waals surface area contributed by atoms with Crippen molar-refractivity contribution in [2.75, 3.05) is 13.1 Å². The molecule has 2 fully saturated rings. The van der Waals surface area contributed by atoms with Crippen molar-refractivity contribution in [1.29, 1.82) is 0 Å². The number of carboxylic acid groups (broad SMARTS) is 1. The summed E-state index contributed by atoms with van der Waals surface area (Å²) in [5.74, 6) is 0.375. The van der Waals surface area contributed by atoms with Crippen LogP contribution in [0.4, 0.5) is 18.0 Å². The summed E-state index contributed by atoms with van der Waals surface area (Å²) < 4.78 is 38.3. The lowest BCUT2D eigenvalue weighted by Gasteiger charge is -2.58. The standard InChI is InChI=1S/C13H16F3N3O2/c14-13(15,16)3-10-4-17-19(6-10)5-9-1-12(2-9)7-18(8-12)11(20)21/h4,6,9H,1-3,5,7-8H2,(H,20,21). The highest BCUT2D eigenvalue weighted by Crippen LogP contribution is 2.52. The molecular formula is C13H16F3N3O2. The molecule has 0 atom stereocenters. The van der Waals surface area contributed by atoms with Crippen molar-refractivity contribution in [3.05, 3.63) is 18.0 Å². The van der Waals surface area contributed by atoms with E-state index in [0.717, 1.165) is 12.8 Å².